The number of hydrogen-bond acceptors (Lipinski definition) is 9. The second-order valence-corrected chi connectivity index (χ2v) is 10.7. The lowest BCUT2D eigenvalue weighted by Gasteiger charge is -2.12. The molecule has 5 aromatic rings. The second kappa shape index (κ2) is 12.8. The fourth-order valence-corrected chi connectivity index (χ4v) is 5.08. The number of ketones is 1. The highest BCUT2D eigenvalue weighted by atomic mass is 32.1. The van der Waals surface area contributed by atoms with E-state index < -0.39 is 23.0 Å². The van der Waals surface area contributed by atoms with Gasteiger partial charge in [0, 0.05) is 36.5 Å². The van der Waals surface area contributed by atoms with Crippen molar-refractivity contribution in [3.05, 3.63) is 102 Å². The van der Waals surface area contributed by atoms with E-state index in [4.69, 9.17) is 15.5 Å². The molecule has 42 heavy (non-hydrogen) atoms. The zero-order chi connectivity index (χ0) is 29.6. The van der Waals surface area contributed by atoms with Crippen LogP contribution in [0.2, 0.25) is 0 Å². The first-order chi connectivity index (χ1) is 20.3. The number of anilines is 3. The summed E-state index contributed by atoms with van der Waals surface area (Å²) in [5, 5.41) is 3.56. The van der Waals surface area contributed by atoms with E-state index in [0.29, 0.717) is 45.1 Å². The van der Waals surface area contributed by atoms with Crippen molar-refractivity contribution in [3.63, 3.8) is 0 Å². The first-order valence-corrected chi connectivity index (χ1v) is 13.9. The smallest absolute Gasteiger partial charge is 0.227 e. The van der Waals surface area contributed by atoms with E-state index in [1.165, 1.54) is 17.4 Å². The number of likely N-dealkylation sites (N-methyl/N-ethyl adjacent to an activating group) is 1. The standard InChI is InChI=1S/C31H28F2N6O2S/c1-39(2)14-15-41-22-9-4-8-21(18-22)36-31-35-13-12-25(37-31)29-28(38-30(34)42-29)20-7-3-6-19(16-20)17-26(40)27-23(32)10-5-11-24(27)33/h3-13,16,18H,14-15,17H2,1-2H3,(H2,34,38)(H,35,36,37). The predicted octanol–water partition coefficient (Wildman–Crippen LogP) is 6.24. The molecule has 0 saturated carbocycles. The fourth-order valence-electron chi connectivity index (χ4n) is 4.26. The molecule has 0 spiro atoms. The molecule has 214 valence electrons. The normalized spacial score (nSPS) is 11.1. The topological polar surface area (TPSA) is 106 Å². The molecular weight excluding hydrogens is 558 g/mol. The third-order valence-corrected chi connectivity index (χ3v) is 7.14. The van der Waals surface area contributed by atoms with Crippen LogP contribution in [0.3, 0.4) is 0 Å². The van der Waals surface area contributed by atoms with Gasteiger partial charge in [0.1, 0.15) is 24.0 Å². The minimum Gasteiger partial charge on any atom is -0.492 e. The quantitative estimate of drug-likeness (QED) is 0.175. The Labute approximate surface area is 245 Å². The number of rotatable bonds is 11. The highest BCUT2D eigenvalue weighted by molar-refractivity contribution is 7.19. The van der Waals surface area contributed by atoms with Crippen molar-refractivity contribution < 1.29 is 18.3 Å². The Morgan fingerprint density at radius 1 is 1.00 bits per heavy atom. The maximum atomic E-state index is 14.1. The molecule has 0 amide bonds. The van der Waals surface area contributed by atoms with Crippen LogP contribution in [0.25, 0.3) is 21.8 Å². The largest absolute Gasteiger partial charge is 0.492 e. The van der Waals surface area contributed by atoms with Crippen molar-refractivity contribution in [2.45, 2.75) is 6.42 Å². The van der Waals surface area contributed by atoms with E-state index >= 15 is 0 Å². The number of nitrogens with zero attached hydrogens (tertiary/aromatic N) is 4. The van der Waals surface area contributed by atoms with Crippen LogP contribution in [0.1, 0.15) is 15.9 Å². The van der Waals surface area contributed by atoms with Crippen LogP contribution in [0.5, 0.6) is 5.75 Å². The number of nitrogen functional groups attached to an aromatic ring is 1. The number of benzene rings is 3. The number of hydrogen-bond donors (Lipinski definition) is 2. The molecule has 0 aliphatic rings. The van der Waals surface area contributed by atoms with Crippen LogP contribution in [-0.4, -0.2) is 52.9 Å². The Hall–Kier alpha value is -4.74. The Morgan fingerprint density at radius 2 is 1.76 bits per heavy atom. The van der Waals surface area contributed by atoms with Crippen LogP contribution in [0.4, 0.5) is 25.5 Å². The average Bonchev–Trinajstić information content (AvgIpc) is 3.35. The van der Waals surface area contributed by atoms with Gasteiger partial charge >= 0.3 is 0 Å². The number of Topliss-reactive ketones (excluding diaryl/α,β-unsaturated/α-hetero) is 1. The number of thiazole rings is 1. The van der Waals surface area contributed by atoms with Crippen molar-refractivity contribution >= 4 is 33.9 Å². The molecule has 3 N–H and O–H groups in total. The van der Waals surface area contributed by atoms with E-state index in [1.807, 2.05) is 49.3 Å². The van der Waals surface area contributed by atoms with Gasteiger partial charge in [0.25, 0.3) is 0 Å². The number of carbonyl (C=O) groups is 1. The van der Waals surface area contributed by atoms with Gasteiger partial charge in [-0.25, -0.2) is 23.7 Å². The Bertz CT molecular complexity index is 1710. The molecule has 0 unspecified atom stereocenters. The molecule has 0 radical (unpaired) electrons. The summed E-state index contributed by atoms with van der Waals surface area (Å²) in [6.07, 6.45) is 1.46. The monoisotopic (exact) mass is 586 g/mol. The highest BCUT2D eigenvalue weighted by Gasteiger charge is 2.19. The molecule has 0 aliphatic carbocycles. The van der Waals surface area contributed by atoms with Gasteiger partial charge in [-0.2, -0.15) is 0 Å². The Balaban J connectivity index is 1.37. The molecule has 2 aromatic heterocycles. The molecule has 5 rings (SSSR count). The van der Waals surface area contributed by atoms with Crippen LogP contribution in [0, 0.1) is 11.6 Å². The van der Waals surface area contributed by atoms with E-state index in [9.17, 15) is 13.6 Å². The molecule has 3 aromatic carbocycles. The molecule has 0 fully saturated rings. The zero-order valence-electron chi connectivity index (χ0n) is 23.0. The lowest BCUT2D eigenvalue weighted by molar-refractivity contribution is 0.0985. The highest BCUT2D eigenvalue weighted by Crippen LogP contribution is 2.38. The maximum absolute atomic E-state index is 14.1. The zero-order valence-corrected chi connectivity index (χ0v) is 23.8. The van der Waals surface area contributed by atoms with E-state index in [-0.39, 0.29) is 6.42 Å². The summed E-state index contributed by atoms with van der Waals surface area (Å²) in [6.45, 7) is 1.36. The second-order valence-electron chi connectivity index (χ2n) is 9.70. The average molecular weight is 587 g/mol. The van der Waals surface area contributed by atoms with E-state index in [0.717, 1.165) is 30.1 Å². The van der Waals surface area contributed by atoms with Gasteiger partial charge in [-0.1, -0.05) is 41.7 Å². The molecule has 0 aliphatic heterocycles. The summed E-state index contributed by atoms with van der Waals surface area (Å²) in [4.78, 5) is 29.1. The van der Waals surface area contributed by atoms with Gasteiger partial charge in [-0.3, -0.25) is 4.79 Å². The minimum absolute atomic E-state index is 0.180. The van der Waals surface area contributed by atoms with Crippen LogP contribution in [0.15, 0.2) is 79.0 Å². The summed E-state index contributed by atoms with van der Waals surface area (Å²) in [5.41, 5.74) is 8.77. The van der Waals surface area contributed by atoms with Crippen molar-refractivity contribution in [2.75, 3.05) is 38.3 Å². The number of nitrogens with two attached hydrogens (primary N) is 1. The first kappa shape index (κ1) is 28.8. The van der Waals surface area contributed by atoms with Crippen molar-refractivity contribution in [1.82, 2.24) is 19.9 Å². The van der Waals surface area contributed by atoms with Gasteiger partial charge in [0.2, 0.25) is 5.95 Å². The fraction of sp³-hybridized carbons (Fsp3) is 0.161. The number of ether oxygens (including phenoxy) is 1. The molecule has 2 heterocycles. The SMILES string of the molecule is CN(C)CCOc1cccc(Nc2nccc(-c3sc(N)nc3-c3cccc(CC(=O)c4c(F)cccc4F)c3)n2)c1. The van der Waals surface area contributed by atoms with E-state index in [2.05, 4.69) is 15.3 Å². The van der Waals surface area contributed by atoms with Crippen molar-refractivity contribution in [1.29, 1.82) is 0 Å². The third-order valence-electron chi connectivity index (χ3n) is 6.24. The van der Waals surface area contributed by atoms with Crippen LogP contribution >= 0.6 is 11.3 Å². The molecular formula is C31H28F2N6O2S. The first-order valence-electron chi connectivity index (χ1n) is 13.1. The third kappa shape index (κ3) is 6.93. The number of nitrogens with one attached hydrogen (secondary N) is 1. The number of carbonyl (C=O) groups excluding carboxylic acids is 1. The predicted molar refractivity (Wildman–Crippen MR) is 161 cm³/mol. The number of halogens is 2. The van der Waals surface area contributed by atoms with Gasteiger partial charge in [0.15, 0.2) is 10.9 Å². The van der Waals surface area contributed by atoms with Gasteiger partial charge in [-0.05, 0) is 56.1 Å². The Morgan fingerprint density at radius 3 is 2.55 bits per heavy atom. The summed E-state index contributed by atoms with van der Waals surface area (Å²) in [5.74, 6) is -1.32. The van der Waals surface area contributed by atoms with Gasteiger partial charge < -0.3 is 20.7 Å². The molecule has 0 bridgehead atoms. The molecule has 0 atom stereocenters. The van der Waals surface area contributed by atoms with Gasteiger partial charge in [0.05, 0.1) is 21.8 Å². The Kier molecular flexibility index (Phi) is 8.80. The van der Waals surface area contributed by atoms with Gasteiger partial charge in [-0.15, -0.1) is 0 Å². The lowest BCUT2D eigenvalue weighted by Crippen LogP contribution is -2.19. The summed E-state index contributed by atoms with van der Waals surface area (Å²) < 4.78 is 34.1. The molecule has 0 saturated heterocycles. The van der Waals surface area contributed by atoms with Crippen molar-refractivity contribution in [3.8, 4) is 27.6 Å². The number of aromatic nitrogens is 3. The van der Waals surface area contributed by atoms with E-state index in [1.54, 1.807) is 30.5 Å². The van der Waals surface area contributed by atoms with Crippen LogP contribution in [-0.2, 0) is 6.42 Å². The molecule has 11 heteroatoms. The summed E-state index contributed by atoms with van der Waals surface area (Å²) in [7, 11) is 3.98. The van der Waals surface area contributed by atoms with Crippen LogP contribution < -0.4 is 15.8 Å². The maximum Gasteiger partial charge on any atom is 0.227 e. The summed E-state index contributed by atoms with van der Waals surface area (Å²) >= 11 is 1.27. The summed E-state index contributed by atoms with van der Waals surface area (Å²) in [6, 6.07) is 19.7. The van der Waals surface area contributed by atoms with Crippen molar-refractivity contribution in [2.24, 2.45) is 0 Å². The lowest BCUT2D eigenvalue weighted by atomic mass is 9.99. The molecule has 8 nitrogen and oxygen atoms in total. The minimum atomic E-state index is -0.887.